The molecule has 1 aromatic rings. The molecular formula is C13H19NO2S. The predicted molar refractivity (Wildman–Crippen MR) is 73.5 cm³/mol. The molecule has 0 aliphatic heterocycles. The van der Waals surface area contributed by atoms with Crippen LogP contribution in [0.4, 0.5) is 0 Å². The summed E-state index contributed by atoms with van der Waals surface area (Å²) in [5.41, 5.74) is 8.49. The average molecular weight is 253 g/mol. The highest BCUT2D eigenvalue weighted by Gasteiger charge is 2.09. The van der Waals surface area contributed by atoms with E-state index in [2.05, 4.69) is 0 Å². The third-order valence-electron chi connectivity index (χ3n) is 2.57. The molecule has 0 saturated carbocycles. The Hall–Kier alpha value is -1.13. The van der Waals surface area contributed by atoms with Gasteiger partial charge in [0.15, 0.2) is 0 Å². The average Bonchev–Trinajstić information content (AvgIpc) is 2.27. The zero-order valence-corrected chi connectivity index (χ0v) is 11.3. The molecule has 1 aromatic carbocycles. The van der Waals surface area contributed by atoms with Crippen LogP contribution in [0.1, 0.15) is 23.6 Å². The third-order valence-corrected chi connectivity index (χ3v) is 2.80. The van der Waals surface area contributed by atoms with Crippen LogP contribution in [0.15, 0.2) is 12.1 Å². The van der Waals surface area contributed by atoms with Gasteiger partial charge in [0.2, 0.25) is 0 Å². The number of nitrogens with two attached hydrogens (primary N) is 1. The molecular weight excluding hydrogens is 234 g/mol. The number of hydrogen-bond donors (Lipinski definition) is 2. The van der Waals surface area contributed by atoms with E-state index in [1.807, 2.05) is 32.9 Å². The van der Waals surface area contributed by atoms with Gasteiger partial charge in [0, 0.05) is 18.1 Å². The number of hydrogen-bond acceptors (Lipinski definition) is 3. The molecule has 1 rings (SSSR count). The van der Waals surface area contributed by atoms with Gasteiger partial charge < -0.3 is 15.6 Å². The summed E-state index contributed by atoms with van der Waals surface area (Å²) in [5.74, 6) is 0.981. The molecule has 3 N–H and O–H groups in total. The number of aryl methyl sites for hydroxylation is 2. The van der Waals surface area contributed by atoms with Crippen LogP contribution in [0.3, 0.4) is 0 Å². The molecule has 0 radical (unpaired) electrons. The van der Waals surface area contributed by atoms with Gasteiger partial charge in [-0.15, -0.1) is 0 Å². The lowest BCUT2D eigenvalue weighted by Crippen LogP contribution is -2.14. The number of ether oxygens (including phenoxy) is 1. The second-order valence-electron chi connectivity index (χ2n) is 4.40. The van der Waals surface area contributed by atoms with Crippen molar-refractivity contribution in [1.82, 2.24) is 0 Å². The van der Waals surface area contributed by atoms with Crippen molar-refractivity contribution in [2.24, 2.45) is 11.7 Å². The molecule has 17 heavy (non-hydrogen) atoms. The second-order valence-corrected chi connectivity index (χ2v) is 4.84. The van der Waals surface area contributed by atoms with Crippen LogP contribution >= 0.6 is 12.2 Å². The van der Waals surface area contributed by atoms with Crippen molar-refractivity contribution >= 4 is 17.2 Å². The molecule has 0 bridgehead atoms. The highest BCUT2D eigenvalue weighted by molar-refractivity contribution is 7.80. The molecule has 0 aliphatic carbocycles. The third kappa shape index (κ3) is 3.68. The normalized spacial score (nSPS) is 12.2. The molecule has 1 unspecified atom stereocenters. The van der Waals surface area contributed by atoms with Crippen molar-refractivity contribution in [3.63, 3.8) is 0 Å². The Morgan fingerprint density at radius 3 is 2.35 bits per heavy atom. The first-order valence-electron chi connectivity index (χ1n) is 5.60. The Labute approximate surface area is 108 Å². The fourth-order valence-electron chi connectivity index (χ4n) is 1.60. The van der Waals surface area contributed by atoms with Gasteiger partial charge in [0.25, 0.3) is 0 Å². The molecule has 0 spiro atoms. The van der Waals surface area contributed by atoms with Crippen molar-refractivity contribution in [2.45, 2.75) is 20.8 Å². The van der Waals surface area contributed by atoms with Crippen LogP contribution in [0, 0.1) is 19.8 Å². The fraction of sp³-hybridized carbons (Fsp3) is 0.462. The Morgan fingerprint density at radius 2 is 1.94 bits per heavy atom. The maximum atomic E-state index is 8.95. The molecule has 0 amide bonds. The lowest BCUT2D eigenvalue weighted by atomic mass is 10.1. The quantitative estimate of drug-likeness (QED) is 0.788. The van der Waals surface area contributed by atoms with Crippen molar-refractivity contribution in [3.05, 3.63) is 28.8 Å². The number of benzene rings is 1. The van der Waals surface area contributed by atoms with Gasteiger partial charge in [0.1, 0.15) is 10.7 Å². The molecule has 94 valence electrons. The van der Waals surface area contributed by atoms with Crippen LogP contribution in [0.2, 0.25) is 0 Å². The number of rotatable bonds is 5. The van der Waals surface area contributed by atoms with E-state index in [1.165, 1.54) is 0 Å². The fourth-order valence-corrected chi connectivity index (χ4v) is 1.72. The van der Waals surface area contributed by atoms with E-state index in [4.69, 9.17) is 27.8 Å². The van der Waals surface area contributed by atoms with Gasteiger partial charge in [-0.1, -0.05) is 19.1 Å². The monoisotopic (exact) mass is 253 g/mol. The maximum Gasteiger partial charge on any atom is 0.125 e. The van der Waals surface area contributed by atoms with E-state index in [0.717, 1.165) is 22.4 Å². The van der Waals surface area contributed by atoms with Gasteiger partial charge in [-0.25, -0.2) is 0 Å². The summed E-state index contributed by atoms with van der Waals surface area (Å²) in [6, 6.07) is 3.85. The van der Waals surface area contributed by atoms with Crippen LogP contribution < -0.4 is 10.5 Å². The largest absolute Gasteiger partial charge is 0.493 e. The van der Waals surface area contributed by atoms with Crippen molar-refractivity contribution in [2.75, 3.05) is 13.2 Å². The summed E-state index contributed by atoms with van der Waals surface area (Å²) < 4.78 is 5.71. The first-order valence-corrected chi connectivity index (χ1v) is 6.01. The summed E-state index contributed by atoms with van der Waals surface area (Å²) >= 11 is 4.95. The summed E-state index contributed by atoms with van der Waals surface area (Å²) in [6.07, 6.45) is 0. The molecule has 0 saturated heterocycles. The molecule has 1 atom stereocenters. The van der Waals surface area contributed by atoms with Crippen molar-refractivity contribution < 1.29 is 9.84 Å². The molecule has 0 fully saturated rings. The lowest BCUT2D eigenvalue weighted by Gasteiger charge is -2.16. The number of aliphatic hydroxyl groups is 1. The molecule has 0 aliphatic rings. The van der Waals surface area contributed by atoms with Gasteiger partial charge in [0.05, 0.1) is 6.61 Å². The maximum absolute atomic E-state index is 8.95. The zero-order chi connectivity index (χ0) is 13.0. The van der Waals surface area contributed by atoms with Crippen LogP contribution in [0.25, 0.3) is 0 Å². The Morgan fingerprint density at radius 1 is 1.41 bits per heavy atom. The summed E-state index contributed by atoms with van der Waals surface area (Å²) in [6.45, 7) is 6.50. The SMILES string of the molecule is Cc1cc(C(N)=S)cc(C)c1OCC(C)CO. The molecule has 3 nitrogen and oxygen atoms in total. The van der Waals surface area contributed by atoms with E-state index in [9.17, 15) is 0 Å². The van der Waals surface area contributed by atoms with E-state index < -0.39 is 0 Å². The minimum Gasteiger partial charge on any atom is -0.493 e. The van der Waals surface area contributed by atoms with Crippen molar-refractivity contribution in [3.8, 4) is 5.75 Å². The summed E-state index contributed by atoms with van der Waals surface area (Å²) in [4.78, 5) is 0.395. The van der Waals surface area contributed by atoms with Crippen LogP contribution in [0.5, 0.6) is 5.75 Å². The molecule has 4 heteroatoms. The lowest BCUT2D eigenvalue weighted by molar-refractivity contribution is 0.173. The highest BCUT2D eigenvalue weighted by atomic mass is 32.1. The first-order chi connectivity index (χ1) is 7.95. The molecule has 0 heterocycles. The number of thiocarbonyl (C=S) groups is 1. The van der Waals surface area contributed by atoms with Gasteiger partial charge in [-0.05, 0) is 37.1 Å². The van der Waals surface area contributed by atoms with Crippen molar-refractivity contribution in [1.29, 1.82) is 0 Å². The Bertz CT molecular complexity index is 395. The predicted octanol–water partition coefficient (Wildman–Crippen LogP) is 1.94. The van der Waals surface area contributed by atoms with E-state index in [-0.39, 0.29) is 12.5 Å². The number of aliphatic hydroxyl groups excluding tert-OH is 1. The van der Waals surface area contributed by atoms with E-state index >= 15 is 0 Å². The van der Waals surface area contributed by atoms with Crippen LogP contribution in [-0.2, 0) is 0 Å². The summed E-state index contributed by atoms with van der Waals surface area (Å²) in [5, 5.41) is 8.95. The standard InChI is InChI=1S/C13H19NO2S/c1-8(6-15)7-16-12-9(2)4-11(13(14)17)5-10(12)3/h4-5,8,15H,6-7H2,1-3H3,(H2,14,17). The Balaban J connectivity index is 2.90. The van der Waals surface area contributed by atoms with Gasteiger partial charge in [-0.2, -0.15) is 0 Å². The zero-order valence-electron chi connectivity index (χ0n) is 10.5. The Kier molecular flexibility index (Phi) is 4.90. The summed E-state index contributed by atoms with van der Waals surface area (Å²) in [7, 11) is 0. The minimum atomic E-state index is 0.128. The highest BCUT2D eigenvalue weighted by Crippen LogP contribution is 2.25. The van der Waals surface area contributed by atoms with E-state index in [0.29, 0.717) is 11.6 Å². The smallest absolute Gasteiger partial charge is 0.125 e. The second kappa shape index (κ2) is 5.98. The molecule has 0 aromatic heterocycles. The first kappa shape index (κ1) is 13.9. The van der Waals surface area contributed by atoms with Gasteiger partial charge >= 0.3 is 0 Å². The topological polar surface area (TPSA) is 55.5 Å². The van der Waals surface area contributed by atoms with Crippen LogP contribution in [-0.4, -0.2) is 23.3 Å². The van der Waals surface area contributed by atoms with Gasteiger partial charge in [-0.3, -0.25) is 0 Å². The minimum absolute atomic E-state index is 0.128. The van der Waals surface area contributed by atoms with E-state index in [1.54, 1.807) is 0 Å².